The third-order valence-electron chi connectivity index (χ3n) is 4.83. The Hall–Kier alpha value is 0. The first-order valence-electron chi connectivity index (χ1n) is 7.24. The summed E-state index contributed by atoms with van der Waals surface area (Å²) < 4.78 is 0. The Bertz CT molecular complexity index is 184. The SMILES string of the molecule is CC1CCCC(CCC2CCC(C)C2)C1. The second-order valence-corrected chi connectivity index (χ2v) is 6.50. The van der Waals surface area contributed by atoms with Crippen LogP contribution >= 0.6 is 0 Å². The van der Waals surface area contributed by atoms with Crippen molar-refractivity contribution in [3.8, 4) is 0 Å². The van der Waals surface area contributed by atoms with E-state index in [-0.39, 0.29) is 0 Å². The zero-order valence-electron chi connectivity index (χ0n) is 10.7. The molecule has 0 aliphatic heterocycles. The minimum Gasteiger partial charge on any atom is -0.0625 e. The second-order valence-electron chi connectivity index (χ2n) is 6.50. The molecule has 15 heavy (non-hydrogen) atoms. The Kier molecular flexibility index (Phi) is 4.11. The van der Waals surface area contributed by atoms with Crippen LogP contribution in [0.5, 0.6) is 0 Å². The quantitative estimate of drug-likeness (QED) is 0.610. The summed E-state index contributed by atoms with van der Waals surface area (Å²) in [5.74, 6) is 4.23. The molecule has 88 valence electrons. The Balaban J connectivity index is 1.64. The van der Waals surface area contributed by atoms with Gasteiger partial charge in [-0.25, -0.2) is 0 Å². The highest BCUT2D eigenvalue weighted by molar-refractivity contribution is 4.76. The van der Waals surface area contributed by atoms with E-state index in [1.807, 2.05) is 0 Å². The molecule has 0 spiro atoms. The van der Waals surface area contributed by atoms with Crippen molar-refractivity contribution < 1.29 is 0 Å². The predicted molar refractivity (Wildman–Crippen MR) is 66.9 cm³/mol. The van der Waals surface area contributed by atoms with Gasteiger partial charge >= 0.3 is 0 Å². The minimum atomic E-state index is 1.02. The molecule has 2 aliphatic carbocycles. The number of hydrogen-bond acceptors (Lipinski definition) is 0. The summed E-state index contributed by atoms with van der Waals surface area (Å²) in [6.07, 6.45) is 13.7. The molecular weight excluding hydrogens is 180 g/mol. The molecule has 0 aromatic rings. The first kappa shape index (κ1) is 11.5. The van der Waals surface area contributed by atoms with E-state index in [4.69, 9.17) is 0 Å². The van der Waals surface area contributed by atoms with Crippen LogP contribution in [0.1, 0.15) is 71.6 Å². The highest BCUT2D eigenvalue weighted by Crippen LogP contribution is 2.37. The standard InChI is InChI=1S/C15H28/c1-12-4-3-5-14(10-12)8-9-15-7-6-13(2)11-15/h12-15H,3-11H2,1-2H3. The monoisotopic (exact) mass is 208 g/mol. The maximum atomic E-state index is 2.45. The minimum absolute atomic E-state index is 1.02. The fourth-order valence-electron chi connectivity index (χ4n) is 3.88. The zero-order chi connectivity index (χ0) is 10.7. The van der Waals surface area contributed by atoms with Crippen molar-refractivity contribution in [3.63, 3.8) is 0 Å². The van der Waals surface area contributed by atoms with Gasteiger partial charge in [-0.1, -0.05) is 58.8 Å². The highest BCUT2D eigenvalue weighted by atomic mass is 14.3. The molecule has 0 radical (unpaired) electrons. The Morgan fingerprint density at radius 3 is 1.93 bits per heavy atom. The summed E-state index contributed by atoms with van der Waals surface area (Å²) >= 11 is 0. The van der Waals surface area contributed by atoms with Crippen LogP contribution < -0.4 is 0 Å². The van der Waals surface area contributed by atoms with Gasteiger partial charge in [-0.05, 0) is 36.5 Å². The van der Waals surface area contributed by atoms with E-state index in [2.05, 4.69) is 13.8 Å². The van der Waals surface area contributed by atoms with Crippen LogP contribution in [-0.4, -0.2) is 0 Å². The molecule has 2 fully saturated rings. The summed E-state index contributed by atoms with van der Waals surface area (Å²) in [4.78, 5) is 0. The van der Waals surface area contributed by atoms with E-state index in [1.54, 1.807) is 12.8 Å². The van der Waals surface area contributed by atoms with Gasteiger partial charge in [-0.15, -0.1) is 0 Å². The summed E-state index contributed by atoms with van der Waals surface area (Å²) in [7, 11) is 0. The molecule has 0 nitrogen and oxygen atoms in total. The summed E-state index contributed by atoms with van der Waals surface area (Å²) in [6, 6.07) is 0. The fourth-order valence-corrected chi connectivity index (χ4v) is 3.88. The molecule has 0 saturated heterocycles. The lowest BCUT2D eigenvalue weighted by atomic mass is 9.79. The molecular formula is C15H28. The number of rotatable bonds is 3. The van der Waals surface area contributed by atoms with Gasteiger partial charge < -0.3 is 0 Å². The van der Waals surface area contributed by atoms with Gasteiger partial charge in [0.15, 0.2) is 0 Å². The first-order valence-corrected chi connectivity index (χ1v) is 7.24. The highest BCUT2D eigenvalue weighted by Gasteiger charge is 2.24. The molecule has 0 heterocycles. The summed E-state index contributed by atoms with van der Waals surface area (Å²) in [5, 5.41) is 0. The smallest absolute Gasteiger partial charge is 0.0412 e. The third kappa shape index (κ3) is 3.50. The largest absolute Gasteiger partial charge is 0.0625 e. The zero-order valence-corrected chi connectivity index (χ0v) is 10.7. The summed E-state index contributed by atoms with van der Waals surface area (Å²) in [6.45, 7) is 4.88. The lowest BCUT2D eigenvalue weighted by Gasteiger charge is -2.27. The lowest BCUT2D eigenvalue weighted by Crippen LogP contribution is -2.14. The molecule has 4 unspecified atom stereocenters. The predicted octanol–water partition coefficient (Wildman–Crippen LogP) is 5.03. The van der Waals surface area contributed by atoms with Gasteiger partial charge in [0, 0.05) is 0 Å². The molecule has 0 aromatic carbocycles. The van der Waals surface area contributed by atoms with E-state index in [1.165, 1.54) is 44.9 Å². The van der Waals surface area contributed by atoms with Crippen LogP contribution in [0.4, 0.5) is 0 Å². The second kappa shape index (κ2) is 5.37. The van der Waals surface area contributed by atoms with Crippen molar-refractivity contribution in [1.82, 2.24) is 0 Å². The van der Waals surface area contributed by atoms with Gasteiger partial charge in [0.25, 0.3) is 0 Å². The van der Waals surface area contributed by atoms with Gasteiger partial charge in [0.2, 0.25) is 0 Å². The Morgan fingerprint density at radius 1 is 0.733 bits per heavy atom. The molecule has 0 heteroatoms. The fraction of sp³-hybridized carbons (Fsp3) is 1.00. The maximum Gasteiger partial charge on any atom is -0.0412 e. The average Bonchev–Trinajstić information content (AvgIpc) is 2.62. The van der Waals surface area contributed by atoms with Crippen LogP contribution in [0.25, 0.3) is 0 Å². The van der Waals surface area contributed by atoms with Crippen LogP contribution in [0, 0.1) is 23.7 Å². The van der Waals surface area contributed by atoms with Crippen molar-refractivity contribution in [2.45, 2.75) is 71.6 Å². The molecule has 2 rings (SSSR count). The van der Waals surface area contributed by atoms with Crippen molar-refractivity contribution in [3.05, 3.63) is 0 Å². The molecule has 2 saturated carbocycles. The van der Waals surface area contributed by atoms with Gasteiger partial charge in [-0.2, -0.15) is 0 Å². The molecule has 0 amide bonds. The van der Waals surface area contributed by atoms with Crippen LogP contribution in [0.2, 0.25) is 0 Å². The van der Waals surface area contributed by atoms with E-state index in [0.29, 0.717) is 0 Å². The lowest BCUT2D eigenvalue weighted by molar-refractivity contribution is 0.252. The Labute approximate surface area is 95.8 Å². The Morgan fingerprint density at radius 2 is 1.33 bits per heavy atom. The van der Waals surface area contributed by atoms with Crippen LogP contribution in [0.15, 0.2) is 0 Å². The number of hydrogen-bond donors (Lipinski definition) is 0. The van der Waals surface area contributed by atoms with Crippen LogP contribution in [-0.2, 0) is 0 Å². The third-order valence-corrected chi connectivity index (χ3v) is 4.83. The van der Waals surface area contributed by atoms with Crippen molar-refractivity contribution in [2.24, 2.45) is 23.7 Å². The topological polar surface area (TPSA) is 0 Å². The maximum absolute atomic E-state index is 2.45. The van der Waals surface area contributed by atoms with Crippen molar-refractivity contribution in [2.75, 3.05) is 0 Å². The molecule has 0 bridgehead atoms. The van der Waals surface area contributed by atoms with Gasteiger partial charge in [0.05, 0.1) is 0 Å². The molecule has 0 aromatic heterocycles. The first-order chi connectivity index (χ1) is 7.24. The van der Waals surface area contributed by atoms with Crippen LogP contribution in [0.3, 0.4) is 0 Å². The van der Waals surface area contributed by atoms with Gasteiger partial charge in [0.1, 0.15) is 0 Å². The van der Waals surface area contributed by atoms with Crippen molar-refractivity contribution >= 4 is 0 Å². The molecule has 4 atom stereocenters. The summed E-state index contributed by atoms with van der Waals surface area (Å²) in [5.41, 5.74) is 0. The van der Waals surface area contributed by atoms with Gasteiger partial charge in [-0.3, -0.25) is 0 Å². The van der Waals surface area contributed by atoms with E-state index < -0.39 is 0 Å². The molecule has 2 aliphatic rings. The van der Waals surface area contributed by atoms with E-state index in [9.17, 15) is 0 Å². The molecule has 0 N–H and O–H groups in total. The normalized spacial score (nSPS) is 42.0. The van der Waals surface area contributed by atoms with E-state index >= 15 is 0 Å². The van der Waals surface area contributed by atoms with Crippen molar-refractivity contribution in [1.29, 1.82) is 0 Å². The average molecular weight is 208 g/mol. The van der Waals surface area contributed by atoms with E-state index in [0.717, 1.165) is 23.7 Å².